The lowest BCUT2D eigenvalue weighted by Gasteiger charge is -2.18. The van der Waals surface area contributed by atoms with Crippen molar-refractivity contribution in [2.24, 2.45) is 5.41 Å². The average molecular weight is 212 g/mol. The number of benzene rings is 1. The van der Waals surface area contributed by atoms with Gasteiger partial charge in [0.05, 0.1) is 0 Å². The van der Waals surface area contributed by atoms with E-state index in [1.165, 1.54) is 12.1 Å². The van der Waals surface area contributed by atoms with Crippen LogP contribution in [0.2, 0.25) is 0 Å². The molecule has 1 aromatic carbocycles. The Morgan fingerprint density at radius 1 is 0.933 bits per heavy atom. The van der Waals surface area contributed by atoms with Crippen molar-refractivity contribution >= 4 is 0 Å². The molecule has 0 heterocycles. The highest BCUT2D eigenvalue weighted by Gasteiger charge is 2.23. The van der Waals surface area contributed by atoms with Crippen LogP contribution in [0.4, 0.5) is 8.78 Å². The first kappa shape index (κ1) is 12.2. The first-order valence-corrected chi connectivity index (χ1v) is 5.16. The molecule has 0 saturated carbocycles. The summed E-state index contributed by atoms with van der Waals surface area (Å²) in [5.41, 5.74) is 1.38. The van der Waals surface area contributed by atoms with Gasteiger partial charge >= 0.3 is 0 Å². The molecule has 0 aliphatic carbocycles. The van der Waals surface area contributed by atoms with Crippen molar-refractivity contribution in [1.82, 2.24) is 0 Å². The van der Waals surface area contributed by atoms with Crippen LogP contribution in [-0.4, -0.2) is 0 Å². The second-order valence-electron chi connectivity index (χ2n) is 5.32. The lowest BCUT2D eigenvalue weighted by molar-refractivity contribution is 0.0174. The predicted octanol–water partition coefficient (Wildman–Crippen LogP) is 4.39. The molecular formula is C13H18F2. The SMILES string of the molecule is CC(C)(C)Cc1ccc(C(C)(F)F)cc1. The van der Waals surface area contributed by atoms with Gasteiger partial charge in [-0.05, 0) is 17.4 Å². The van der Waals surface area contributed by atoms with E-state index in [0.717, 1.165) is 18.9 Å². The highest BCUT2D eigenvalue weighted by Crippen LogP contribution is 2.28. The lowest BCUT2D eigenvalue weighted by atomic mass is 9.88. The van der Waals surface area contributed by atoms with Crippen molar-refractivity contribution in [1.29, 1.82) is 0 Å². The van der Waals surface area contributed by atoms with Crippen LogP contribution in [0, 0.1) is 5.41 Å². The zero-order valence-corrected chi connectivity index (χ0v) is 9.77. The molecule has 0 spiro atoms. The van der Waals surface area contributed by atoms with Gasteiger partial charge in [-0.1, -0.05) is 45.0 Å². The molecule has 1 rings (SSSR count). The predicted molar refractivity (Wildman–Crippen MR) is 59.2 cm³/mol. The van der Waals surface area contributed by atoms with Crippen LogP contribution in [0.1, 0.15) is 38.8 Å². The summed E-state index contributed by atoms with van der Waals surface area (Å²) in [7, 11) is 0. The van der Waals surface area contributed by atoms with Gasteiger partial charge in [0.15, 0.2) is 0 Å². The summed E-state index contributed by atoms with van der Waals surface area (Å²) in [6.45, 7) is 7.33. The molecule has 1 aromatic rings. The number of hydrogen-bond acceptors (Lipinski definition) is 0. The van der Waals surface area contributed by atoms with Gasteiger partial charge in [0, 0.05) is 12.5 Å². The van der Waals surface area contributed by atoms with E-state index in [4.69, 9.17) is 0 Å². The normalized spacial score (nSPS) is 12.9. The van der Waals surface area contributed by atoms with Gasteiger partial charge in [-0.15, -0.1) is 0 Å². The molecule has 0 radical (unpaired) electrons. The number of alkyl halides is 2. The highest BCUT2D eigenvalue weighted by molar-refractivity contribution is 5.25. The van der Waals surface area contributed by atoms with Crippen LogP contribution in [0.15, 0.2) is 24.3 Å². The minimum absolute atomic E-state index is 0.0835. The fourth-order valence-electron chi connectivity index (χ4n) is 1.53. The van der Waals surface area contributed by atoms with E-state index in [2.05, 4.69) is 20.8 Å². The van der Waals surface area contributed by atoms with E-state index < -0.39 is 5.92 Å². The molecular weight excluding hydrogens is 194 g/mol. The Hall–Kier alpha value is -0.920. The smallest absolute Gasteiger partial charge is 0.202 e. The summed E-state index contributed by atoms with van der Waals surface area (Å²) in [6, 6.07) is 6.61. The molecule has 0 aliphatic heterocycles. The summed E-state index contributed by atoms with van der Waals surface area (Å²) in [6.07, 6.45) is 0.905. The Morgan fingerprint density at radius 3 is 1.73 bits per heavy atom. The van der Waals surface area contributed by atoms with Crippen LogP contribution in [0.5, 0.6) is 0 Å². The van der Waals surface area contributed by atoms with Gasteiger partial charge in [0.1, 0.15) is 0 Å². The molecule has 84 valence electrons. The van der Waals surface area contributed by atoms with Crippen molar-refractivity contribution in [3.05, 3.63) is 35.4 Å². The second-order valence-corrected chi connectivity index (χ2v) is 5.32. The van der Waals surface area contributed by atoms with Crippen LogP contribution in [0.25, 0.3) is 0 Å². The molecule has 2 heteroatoms. The van der Waals surface area contributed by atoms with Crippen LogP contribution in [0.3, 0.4) is 0 Å². The van der Waals surface area contributed by atoms with E-state index in [-0.39, 0.29) is 11.0 Å². The third kappa shape index (κ3) is 3.98. The molecule has 0 amide bonds. The molecule has 0 nitrogen and oxygen atoms in total. The monoisotopic (exact) mass is 212 g/mol. The molecule has 0 unspecified atom stereocenters. The van der Waals surface area contributed by atoms with E-state index >= 15 is 0 Å². The van der Waals surface area contributed by atoms with Crippen molar-refractivity contribution < 1.29 is 8.78 Å². The van der Waals surface area contributed by atoms with Gasteiger partial charge in [0.2, 0.25) is 0 Å². The topological polar surface area (TPSA) is 0 Å². The molecule has 0 aromatic heterocycles. The van der Waals surface area contributed by atoms with Crippen LogP contribution < -0.4 is 0 Å². The summed E-state index contributed by atoms with van der Waals surface area (Å²) in [5, 5.41) is 0. The first-order chi connectivity index (χ1) is 6.68. The average Bonchev–Trinajstić information content (AvgIpc) is 2.00. The number of halogens is 2. The maximum Gasteiger partial charge on any atom is 0.270 e. The number of hydrogen-bond donors (Lipinski definition) is 0. The summed E-state index contributed by atoms with van der Waals surface area (Å²) in [4.78, 5) is 0. The first-order valence-electron chi connectivity index (χ1n) is 5.16. The maximum absolute atomic E-state index is 12.9. The van der Waals surface area contributed by atoms with Gasteiger partial charge in [-0.2, -0.15) is 0 Å². The fourth-order valence-corrected chi connectivity index (χ4v) is 1.53. The quantitative estimate of drug-likeness (QED) is 0.682. The molecule has 0 bridgehead atoms. The van der Waals surface area contributed by atoms with Crippen molar-refractivity contribution in [3.8, 4) is 0 Å². The molecule has 0 aliphatic rings. The largest absolute Gasteiger partial charge is 0.270 e. The van der Waals surface area contributed by atoms with Gasteiger partial charge < -0.3 is 0 Å². The molecule has 0 atom stereocenters. The highest BCUT2D eigenvalue weighted by atomic mass is 19.3. The van der Waals surface area contributed by atoms with Gasteiger partial charge in [0.25, 0.3) is 5.92 Å². The maximum atomic E-state index is 12.9. The van der Waals surface area contributed by atoms with Gasteiger partial charge in [-0.3, -0.25) is 0 Å². The summed E-state index contributed by atoms with van der Waals surface area (Å²) < 4.78 is 25.8. The standard InChI is InChI=1S/C13H18F2/c1-12(2,3)9-10-5-7-11(8-6-10)13(4,14)15/h5-8H,9H2,1-4H3. The summed E-state index contributed by atoms with van der Waals surface area (Å²) >= 11 is 0. The minimum Gasteiger partial charge on any atom is -0.202 e. The molecule has 0 saturated heterocycles. The van der Waals surface area contributed by atoms with Crippen molar-refractivity contribution in [3.63, 3.8) is 0 Å². The van der Waals surface area contributed by atoms with E-state index in [1.807, 2.05) is 0 Å². The Bertz CT molecular complexity index is 312. The van der Waals surface area contributed by atoms with Crippen LogP contribution >= 0.6 is 0 Å². The molecule has 0 fully saturated rings. The lowest BCUT2D eigenvalue weighted by Crippen LogP contribution is -2.10. The van der Waals surface area contributed by atoms with E-state index in [1.54, 1.807) is 12.1 Å². The zero-order chi connectivity index (χ0) is 11.7. The zero-order valence-electron chi connectivity index (χ0n) is 9.77. The second kappa shape index (κ2) is 3.92. The van der Waals surface area contributed by atoms with Gasteiger partial charge in [-0.25, -0.2) is 8.78 Å². The Balaban J connectivity index is 2.82. The van der Waals surface area contributed by atoms with Crippen molar-refractivity contribution in [2.75, 3.05) is 0 Å². The summed E-state index contributed by atoms with van der Waals surface area (Å²) in [5.74, 6) is -2.74. The molecule has 0 N–H and O–H groups in total. The van der Waals surface area contributed by atoms with E-state index in [9.17, 15) is 8.78 Å². The van der Waals surface area contributed by atoms with Crippen LogP contribution in [-0.2, 0) is 12.3 Å². The third-order valence-electron chi connectivity index (χ3n) is 2.20. The number of rotatable bonds is 2. The molecule has 15 heavy (non-hydrogen) atoms. The Morgan fingerprint density at radius 2 is 1.40 bits per heavy atom. The van der Waals surface area contributed by atoms with E-state index in [0.29, 0.717) is 0 Å². The third-order valence-corrected chi connectivity index (χ3v) is 2.20. The Labute approximate surface area is 90.3 Å². The van der Waals surface area contributed by atoms with Crippen molar-refractivity contribution in [2.45, 2.75) is 40.0 Å². The minimum atomic E-state index is -2.74. The fraction of sp³-hybridized carbons (Fsp3) is 0.538. The Kier molecular flexibility index (Phi) is 3.17.